The maximum Gasteiger partial charge on any atom is 0.265 e. The summed E-state index contributed by atoms with van der Waals surface area (Å²) in [6, 6.07) is 15.2. The van der Waals surface area contributed by atoms with Crippen molar-refractivity contribution in [1.29, 1.82) is 0 Å². The summed E-state index contributed by atoms with van der Waals surface area (Å²) < 4.78 is 17.0. The highest BCUT2D eigenvalue weighted by atomic mass is 16.5. The highest BCUT2D eigenvalue weighted by Gasteiger charge is 2.17. The molecule has 1 saturated heterocycles. The van der Waals surface area contributed by atoms with E-state index in [1.807, 2.05) is 48.5 Å². The average Bonchev–Trinajstić information content (AvgIpc) is 3.21. The molecule has 0 radical (unpaired) electrons. The molecule has 0 spiro atoms. The number of benzene rings is 2. The van der Waals surface area contributed by atoms with E-state index in [9.17, 15) is 4.79 Å². The van der Waals surface area contributed by atoms with E-state index in [0.29, 0.717) is 24.0 Å². The quantitative estimate of drug-likeness (QED) is 0.713. The summed E-state index contributed by atoms with van der Waals surface area (Å²) in [5.41, 5.74) is 1.95. The number of anilines is 1. The Hall–Kier alpha value is -2.53. The van der Waals surface area contributed by atoms with Crippen molar-refractivity contribution in [2.24, 2.45) is 0 Å². The molecule has 2 atom stereocenters. The van der Waals surface area contributed by atoms with Crippen LogP contribution in [0.5, 0.6) is 11.5 Å². The number of carbonyl (C=O) groups is 1. The molecule has 2 aromatic rings. The summed E-state index contributed by atoms with van der Waals surface area (Å²) >= 11 is 0. The van der Waals surface area contributed by atoms with Crippen LogP contribution in [-0.2, 0) is 9.53 Å². The molecule has 0 aliphatic carbocycles. The first-order valence-electron chi connectivity index (χ1n) is 9.93. The van der Waals surface area contributed by atoms with Gasteiger partial charge in [-0.2, -0.15) is 0 Å². The minimum absolute atomic E-state index is 0.187. The first kappa shape index (κ1) is 20.2. The summed E-state index contributed by atoms with van der Waals surface area (Å²) in [7, 11) is 0. The van der Waals surface area contributed by atoms with E-state index in [2.05, 4.69) is 19.2 Å². The summed E-state index contributed by atoms with van der Waals surface area (Å²) in [5, 5.41) is 2.87. The lowest BCUT2D eigenvalue weighted by atomic mass is 10.0. The second-order valence-electron chi connectivity index (χ2n) is 7.44. The summed E-state index contributed by atoms with van der Waals surface area (Å²) in [6.07, 6.45) is 1.74. The second-order valence-corrected chi connectivity index (χ2v) is 7.44. The number of nitrogens with one attached hydrogen (secondary N) is 1. The molecule has 5 nitrogen and oxygen atoms in total. The van der Waals surface area contributed by atoms with Gasteiger partial charge in [-0.05, 0) is 67.6 Å². The standard InChI is InChI=1S/C23H29NO4/c1-16(2)18-6-10-21(11-7-18)28-17(3)23(25)24-19-8-12-20(13-9-19)27-15-22-5-4-14-26-22/h6-13,16-17,22H,4-5,14-15H2,1-3H3,(H,24,25)/t17-,22-/m0/s1. The van der Waals surface area contributed by atoms with Gasteiger partial charge in [-0.25, -0.2) is 0 Å². The molecule has 0 saturated carbocycles. The Balaban J connectivity index is 1.47. The van der Waals surface area contributed by atoms with Crippen molar-refractivity contribution in [2.45, 2.75) is 51.7 Å². The van der Waals surface area contributed by atoms with E-state index < -0.39 is 6.10 Å². The zero-order chi connectivity index (χ0) is 19.9. The topological polar surface area (TPSA) is 56.8 Å². The minimum atomic E-state index is -0.597. The second kappa shape index (κ2) is 9.60. The van der Waals surface area contributed by atoms with Gasteiger partial charge in [0.25, 0.3) is 5.91 Å². The van der Waals surface area contributed by atoms with Crippen molar-refractivity contribution in [3.63, 3.8) is 0 Å². The van der Waals surface area contributed by atoms with Gasteiger partial charge in [-0.15, -0.1) is 0 Å². The van der Waals surface area contributed by atoms with Gasteiger partial charge >= 0.3 is 0 Å². The molecule has 0 bridgehead atoms. The molecule has 1 amide bonds. The molecule has 1 aliphatic rings. The van der Waals surface area contributed by atoms with Crippen molar-refractivity contribution in [3.05, 3.63) is 54.1 Å². The van der Waals surface area contributed by atoms with E-state index in [-0.39, 0.29) is 12.0 Å². The molecule has 5 heteroatoms. The zero-order valence-corrected chi connectivity index (χ0v) is 16.8. The van der Waals surface area contributed by atoms with Crippen molar-refractivity contribution in [3.8, 4) is 11.5 Å². The normalized spacial score (nSPS) is 17.4. The third-order valence-electron chi connectivity index (χ3n) is 4.81. The van der Waals surface area contributed by atoms with Crippen molar-refractivity contribution in [2.75, 3.05) is 18.5 Å². The summed E-state index contributed by atoms with van der Waals surface area (Å²) in [5.74, 6) is 1.72. The van der Waals surface area contributed by atoms with Gasteiger partial charge in [0.15, 0.2) is 6.10 Å². The molecule has 3 rings (SSSR count). The first-order valence-corrected chi connectivity index (χ1v) is 9.93. The predicted molar refractivity (Wildman–Crippen MR) is 110 cm³/mol. The van der Waals surface area contributed by atoms with Crippen LogP contribution in [0.1, 0.15) is 45.1 Å². The van der Waals surface area contributed by atoms with Crippen LogP contribution in [0.3, 0.4) is 0 Å². The van der Waals surface area contributed by atoms with Crippen LogP contribution >= 0.6 is 0 Å². The molecule has 1 heterocycles. The molecular formula is C23H29NO4. The summed E-state index contributed by atoms with van der Waals surface area (Å²) in [6.45, 7) is 7.41. The molecule has 1 aliphatic heterocycles. The molecular weight excluding hydrogens is 354 g/mol. The summed E-state index contributed by atoms with van der Waals surface area (Å²) in [4.78, 5) is 12.4. The van der Waals surface area contributed by atoms with Gasteiger partial charge in [0.05, 0.1) is 6.10 Å². The largest absolute Gasteiger partial charge is 0.491 e. The molecule has 0 aromatic heterocycles. The number of carbonyl (C=O) groups excluding carboxylic acids is 1. The van der Waals surface area contributed by atoms with E-state index in [0.717, 1.165) is 25.2 Å². The fourth-order valence-electron chi connectivity index (χ4n) is 3.03. The monoisotopic (exact) mass is 383 g/mol. The van der Waals surface area contributed by atoms with Crippen molar-refractivity contribution in [1.82, 2.24) is 0 Å². The van der Waals surface area contributed by atoms with Crippen LogP contribution in [0.4, 0.5) is 5.69 Å². The number of ether oxygens (including phenoxy) is 3. The SMILES string of the molecule is CC(C)c1ccc(O[C@@H](C)C(=O)Nc2ccc(OC[C@@H]3CCCO3)cc2)cc1. The van der Waals surface area contributed by atoms with Crippen LogP contribution in [0.25, 0.3) is 0 Å². The Morgan fingerprint density at radius 3 is 2.36 bits per heavy atom. The van der Waals surface area contributed by atoms with Gasteiger partial charge in [0.2, 0.25) is 0 Å². The number of rotatable bonds is 8. The van der Waals surface area contributed by atoms with Crippen molar-refractivity contribution >= 4 is 11.6 Å². The van der Waals surface area contributed by atoms with Gasteiger partial charge in [-0.3, -0.25) is 4.79 Å². The third-order valence-corrected chi connectivity index (χ3v) is 4.81. The lowest BCUT2D eigenvalue weighted by Gasteiger charge is -2.16. The molecule has 150 valence electrons. The predicted octanol–water partition coefficient (Wildman–Crippen LogP) is 4.77. The Labute approximate surface area is 167 Å². The van der Waals surface area contributed by atoms with Gasteiger partial charge in [0.1, 0.15) is 18.1 Å². The molecule has 0 unspecified atom stereocenters. The Morgan fingerprint density at radius 1 is 1.07 bits per heavy atom. The van der Waals surface area contributed by atoms with E-state index >= 15 is 0 Å². The van der Waals surface area contributed by atoms with Gasteiger partial charge in [-0.1, -0.05) is 26.0 Å². The van der Waals surface area contributed by atoms with E-state index in [1.54, 1.807) is 6.92 Å². The van der Waals surface area contributed by atoms with E-state index in [1.165, 1.54) is 5.56 Å². The average molecular weight is 383 g/mol. The molecule has 1 fully saturated rings. The smallest absolute Gasteiger partial charge is 0.265 e. The number of hydrogen-bond acceptors (Lipinski definition) is 4. The van der Waals surface area contributed by atoms with E-state index in [4.69, 9.17) is 14.2 Å². The number of amides is 1. The Kier molecular flexibility index (Phi) is 6.93. The van der Waals surface area contributed by atoms with Crippen LogP contribution in [0, 0.1) is 0 Å². The highest BCUT2D eigenvalue weighted by molar-refractivity contribution is 5.94. The number of hydrogen-bond donors (Lipinski definition) is 1. The maximum atomic E-state index is 12.4. The Bertz CT molecular complexity index is 749. The van der Waals surface area contributed by atoms with Gasteiger partial charge in [0, 0.05) is 12.3 Å². The lowest BCUT2D eigenvalue weighted by Crippen LogP contribution is -2.30. The highest BCUT2D eigenvalue weighted by Crippen LogP contribution is 2.21. The van der Waals surface area contributed by atoms with Crippen LogP contribution in [-0.4, -0.2) is 31.3 Å². The van der Waals surface area contributed by atoms with Crippen LogP contribution < -0.4 is 14.8 Å². The Morgan fingerprint density at radius 2 is 1.75 bits per heavy atom. The van der Waals surface area contributed by atoms with Gasteiger partial charge < -0.3 is 19.5 Å². The lowest BCUT2D eigenvalue weighted by molar-refractivity contribution is -0.122. The first-order chi connectivity index (χ1) is 13.5. The fourth-order valence-corrected chi connectivity index (χ4v) is 3.03. The van der Waals surface area contributed by atoms with Crippen LogP contribution in [0.2, 0.25) is 0 Å². The van der Waals surface area contributed by atoms with Crippen LogP contribution in [0.15, 0.2) is 48.5 Å². The molecule has 28 heavy (non-hydrogen) atoms. The van der Waals surface area contributed by atoms with Crippen molar-refractivity contribution < 1.29 is 19.0 Å². The maximum absolute atomic E-state index is 12.4. The molecule has 1 N–H and O–H groups in total. The zero-order valence-electron chi connectivity index (χ0n) is 16.8. The third kappa shape index (κ3) is 5.73. The fraction of sp³-hybridized carbons (Fsp3) is 0.435. The molecule has 2 aromatic carbocycles. The minimum Gasteiger partial charge on any atom is -0.491 e.